The molecule has 1 rings (SSSR count). The van der Waals surface area contributed by atoms with Crippen molar-refractivity contribution in [2.45, 2.75) is 0 Å². The van der Waals surface area contributed by atoms with Gasteiger partial charge in [-0.15, -0.1) is 0 Å². The first-order valence-corrected chi connectivity index (χ1v) is 2.72. The standard InChI is InChI=1S/C8H10O2/c1-9-7-4-3-5-8(6-7)10-2/h3-6H,1-2H3/i3D,4D,5D,6D. The Morgan fingerprint density at radius 1 is 1.20 bits per heavy atom. The van der Waals surface area contributed by atoms with Crippen LogP contribution in [-0.2, 0) is 0 Å². The summed E-state index contributed by atoms with van der Waals surface area (Å²) in [6.07, 6.45) is 0. The molecule has 2 heteroatoms. The molecule has 10 heavy (non-hydrogen) atoms. The molecular weight excluding hydrogens is 128 g/mol. The van der Waals surface area contributed by atoms with Gasteiger partial charge in [-0.05, 0) is 12.1 Å². The van der Waals surface area contributed by atoms with E-state index in [-0.39, 0.29) is 35.7 Å². The maximum Gasteiger partial charge on any atom is 0.122 e. The lowest BCUT2D eigenvalue weighted by molar-refractivity contribution is 0.394. The van der Waals surface area contributed by atoms with Crippen molar-refractivity contribution in [2.75, 3.05) is 14.2 Å². The van der Waals surface area contributed by atoms with Crippen LogP contribution >= 0.6 is 0 Å². The van der Waals surface area contributed by atoms with Crippen molar-refractivity contribution in [3.05, 3.63) is 24.2 Å². The highest BCUT2D eigenvalue weighted by molar-refractivity contribution is 5.32. The summed E-state index contributed by atoms with van der Waals surface area (Å²) < 4.78 is 39.4. The predicted octanol–water partition coefficient (Wildman–Crippen LogP) is 1.70. The third kappa shape index (κ3) is 1.41. The quantitative estimate of drug-likeness (QED) is 0.625. The van der Waals surface area contributed by atoms with E-state index in [0.717, 1.165) is 0 Å². The zero-order valence-electron chi connectivity index (χ0n) is 9.82. The molecule has 0 bridgehead atoms. The molecule has 0 amide bonds. The summed E-state index contributed by atoms with van der Waals surface area (Å²) in [5, 5.41) is 0. The normalized spacial score (nSPS) is 14.6. The summed E-state index contributed by atoms with van der Waals surface area (Å²) in [5.41, 5.74) is 0. The van der Waals surface area contributed by atoms with Crippen LogP contribution in [-0.4, -0.2) is 14.2 Å². The summed E-state index contributed by atoms with van der Waals surface area (Å²) in [4.78, 5) is 0. The van der Waals surface area contributed by atoms with Crippen LogP contribution in [0.5, 0.6) is 11.5 Å². The van der Waals surface area contributed by atoms with Crippen LogP contribution in [0, 0.1) is 0 Å². The van der Waals surface area contributed by atoms with Gasteiger partial charge >= 0.3 is 0 Å². The average molecular weight is 142 g/mol. The van der Waals surface area contributed by atoms with Crippen molar-refractivity contribution in [2.24, 2.45) is 0 Å². The fourth-order valence-corrected chi connectivity index (χ4v) is 0.515. The second-order valence-electron chi connectivity index (χ2n) is 1.57. The molecule has 0 saturated heterocycles. The van der Waals surface area contributed by atoms with Crippen molar-refractivity contribution >= 4 is 0 Å². The van der Waals surface area contributed by atoms with Crippen LogP contribution in [0.1, 0.15) is 5.48 Å². The van der Waals surface area contributed by atoms with Crippen LogP contribution in [0.4, 0.5) is 0 Å². The summed E-state index contributed by atoms with van der Waals surface area (Å²) >= 11 is 0. The molecule has 0 saturated carbocycles. The second kappa shape index (κ2) is 3.11. The van der Waals surface area contributed by atoms with Crippen molar-refractivity contribution in [3.63, 3.8) is 0 Å². The van der Waals surface area contributed by atoms with Gasteiger partial charge in [0.05, 0.1) is 19.7 Å². The Bertz CT molecular complexity index is 334. The van der Waals surface area contributed by atoms with Gasteiger partial charge in [0.15, 0.2) is 0 Å². The monoisotopic (exact) mass is 142 g/mol. The number of hydrogen-bond acceptors (Lipinski definition) is 2. The van der Waals surface area contributed by atoms with Crippen LogP contribution in [0.3, 0.4) is 0 Å². The van der Waals surface area contributed by atoms with Gasteiger partial charge < -0.3 is 9.47 Å². The Morgan fingerprint density at radius 3 is 2.10 bits per heavy atom. The lowest BCUT2D eigenvalue weighted by Crippen LogP contribution is -1.84. The number of rotatable bonds is 2. The fraction of sp³-hybridized carbons (Fsp3) is 0.250. The average Bonchev–Trinajstić information content (AvgIpc) is 2.16. The van der Waals surface area contributed by atoms with Crippen LogP contribution in [0.2, 0.25) is 0 Å². The molecule has 0 fully saturated rings. The molecule has 0 N–H and O–H groups in total. The van der Waals surface area contributed by atoms with Gasteiger partial charge in [-0.1, -0.05) is 6.04 Å². The third-order valence-corrected chi connectivity index (χ3v) is 0.987. The van der Waals surface area contributed by atoms with Crippen LogP contribution in [0.25, 0.3) is 0 Å². The molecule has 0 aromatic heterocycles. The molecule has 0 atom stereocenters. The number of ether oxygens (including phenoxy) is 2. The summed E-state index contributed by atoms with van der Waals surface area (Å²) in [5.74, 6) is -0.0781. The van der Waals surface area contributed by atoms with Gasteiger partial charge in [0, 0.05) is 6.04 Å². The van der Waals surface area contributed by atoms with E-state index < -0.39 is 0 Å². The van der Waals surface area contributed by atoms with Crippen molar-refractivity contribution in [1.82, 2.24) is 0 Å². The second-order valence-corrected chi connectivity index (χ2v) is 1.57. The molecule has 54 valence electrons. The van der Waals surface area contributed by atoms with Gasteiger partial charge in [0.2, 0.25) is 0 Å². The predicted molar refractivity (Wildman–Crippen MR) is 39.5 cm³/mol. The molecule has 1 aromatic carbocycles. The van der Waals surface area contributed by atoms with Gasteiger partial charge in [0.25, 0.3) is 0 Å². The molecular formula is C8H10O2. The highest BCUT2D eigenvalue weighted by atomic mass is 16.5. The van der Waals surface area contributed by atoms with Gasteiger partial charge in [0.1, 0.15) is 11.5 Å². The van der Waals surface area contributed by atoms with E-state index in [1.165, 1.54) is 14.2 Å². The Balaban J connectivity index is 3.56. The first kappa shape index (κ1) is 3.28. The van der Waals surface area contributed by atoms with E-state index in [4.69, 9.17) is 15.0 Å². The van der Waals surface area contributed by atoms with Crippen molar-refractivity contribution in [3.8, 4) is 11.5 Å². The van der Waals surface area contributed by atoms with Crippen molar-refractivity contribution in [1.29, 1.82) is 0 Å². The maximum atomic E-state index is 7.55. The largest absolute Gasteiger partial charge is 0.497 e. The van der Waals surface area contributed by atoms with E-state index in [9.17, 15) is 0 Å². The number of methoxy groups -OCH3 is 2. The zero-order valence-corrected chi connectivity index (χ0v) is 5.82. The van der Waals surface area contributed by atoms with E-state index in [0.29, 0.717) is 0 Å². The third-order valence-electron chi connectivity index (χ3n) is 0.987. The minimum atomic E-state index is -0.297. The Hall–Kier alpha value is -1.18. The Kier molecular flexibility index (Phi) is 1.02. The highest BCUT2D eigenvalue weighted by Crippen LogP contribution is 2.17. The lowest BCUT2D eigenvalue weighted by atomic mass is 10.3. The zero-order chi connectivity index (χ0) is 10.9. The molecule has 0 heterocycles. The number of benzene rings is 1. The number of hydrogen-bond donors (Lipinski definition) is 0. The minimum Gasteiger partial charge on any atom is -0.497 e. The molecule has 0 spiro atoms. The SMILES string of the molecule is [2H]c1c([2H])c(OC)c([2H])c(OC)c1[2H]. The Morgan fingerprint density at radius 2 is 1.70 bits per heavy atom. The minimum absolute atomic E-state index is 0.0390. The van der Waals surface area contributed by atoms with Gasteiger partial charge in [-0.2, -0.15) is 0 Å². The molecule has 0 aliphatic rings. The van der Waals surface area contributed by atoms with Crippen LogP contribution < -0.4 is 9.47 Å². The Labute approximate surface area is 66.0 Å². The highest BCUT2D eigenvalue weighted by Gasteiger charge is 1.91. The lowest BCUT2D eigenvalue weighted by Gasteiger charge is -2.01. The van der Waals surface area contributed by atoms with E-state index >= 15 is 0 Å². The van der Waals surface area contributed by atoms with E-state index in [1.807, 2.05) is 0 Å². The van der Waals surface area contributed by atoms with E-state index in [1.54, 1.807) is 0 Å². The van der Waals surface area contributed by atoms with Crippen LogP contribution in [0.15, 0.2) is 24.2 Å². The summed E-state index contributed by atoms with van der Waals surface area (Å²) in [7, 11) is 2.63. The van der Waals surface area contributed by atoms with Crippen molar-refractivity contribution < 1.29 is 15.0 Å². The molecule has 1 aromatic rings. The van der Waals surface area contributed by atoms with E-state index in [2.05, 4.69) is 0 Å². The van der Waals surface area contributed by atoms with Gasteiger partial charge in [-0.3, -0.25) is 0 Å². The smallest absolute Gasteiger partial charge is 0.122 e. The summed E-state index contributed by atoms with van der Waals surface area (Å²) in [6, 6.07) is -0.984. The topological polar surface area (TPSA) is 18.5 Å². The molecule has 0 aliphatic heterocycles. The maximum absolute atomic E-state index is 7.55. The molecule has 0 aliphatic carbocycles. The first-order chi connectivity index (χ1) is 6.54. The first-order valence-electron chi connectivity index (χ1n) is 4.72. The molecule has 0 radical (unpaired) electrons. The molecule has 2 nitrogen and oxygen atoms in total. The van der Waals surface area contributed by atoms with Gasteiger partial charge in [-0.25, -0.2) is 0 Å². The fourth-order valence-electron chi connectivity index (χ4n) is 0.515. The molecule has 0 unspecified atom stereocenters. The summed E-state index contributed by atoms with van der Waals surface area (Å²) in [6.45, 7) is 0.